The van der Waals surface area contributed by atoms with E-state index < -0.39 is 5.91 Å². The molecule has 2 unspecified atom stereocenters. The van der Waals surface area contributed by atoms with Gasteiger partial charge in [-0.05, 0) is 60.5 Å². The number of allylic oxidation sites excluding steroid dienone is 2. The molecule has 210 valence electrons. The number of para-hydroxylation sites is 1. The summed E-state index contributed by atoms with van der Waals surface area (Å²) in [4.78, 5) is 11.9. The molecule has 0 bridgehead atoms. The van der Waals surface area contributed by atoms with Crippen molar-refractivity contribution in [1.29, 1.82) is 0 Å². The molecule has 1 N–H and O–H groups in total. The van der Waals surface area contributed by atoms with Gasteiger partial charge in [-0.3, -0.25) is 4.79 Å². The van der Waals surface area contributed by atoms with E-state index in [0.717, 1.165) is 29.2 Å². The number of rotatable bonds is 7. The molecule has 6 heteroatoms. The van der Waals surface area contributed by atoms with Crippen molar-refractivity contribution in [3.05, 3.63) is 148 Å². The molecule has 1 heterocycles. The maximum atomic E-state index is 13.8. The molecular weight excluding hydrogens is 550 g/mol. The van der Waals surface area contributed by atoms with E-state index in [2.05, 4.69) is 83.0 Å². The van der Waals surface area contributed by atoms with Crippen LogP contribution in [0.5, 0.6) is 0 Å². The quantitative estimate of drug-likeness (QED) is 0.102. The second kappa shape index (κ2) is 13.8. The van der Waals surface area contributed by atoms with Crippen molar-refractivity contribution in [1.82, 2.24) is 5.32 Å². The van der Waals surface area contributed by atoms with E-state index in [1.165, 1.54) is 16.4 Å². The van der Waals surface area contributed by atoms with Crippen LogP contribution in [-0.2, 0) is 10.2 Å². The molecule has 1 amide bonds. The Morgan fingerprint density at radius 2 is 1.54 bits per heavy atom. The van der Waals surface area contributed by atoms with Gasteiger partial charge in [-0.25, -0.2) is 0 Å². The standard InChI is InChI=1S/C20H18ClP.C15H17FN2O/c1-20(15-7-3-2-4-8-15,16-11-13-17(22)14-12-16)18-9-5-6-10-19(18)21;1-3-9-17-11(4-2)10-13-12-7-5-6-8-14(12)18(16)15(13)19/h2-14H,22H2,1H3;4-8,10,17H,3,9H2,1-2H3/b;11-4-,13-10-. The highest BCUT2D eigenvalue weighted by molar-refractivity contribution is 7.27. The van der Waals surface area contributed by atoms with E-state index in [-0.39, 0.29) is 10.5 Å². The minimum atomic E-state index is -0.612. The molecule has 0 radical (unpaired) electrons. The first-order valence-corrected chi connectivity index (χ1v) is 14.6. The van der Waals surface area contributed by atoms with E-state index in [0.29, 0.717) is 16.8 Å². The predicted octanol–water partition coefficient (Wildman–Crippen LogP) is 8.40. The Balaban J connectivity index is 0.000000191. The summed E-state index contributed by atoms with van der Waals surface area (Å²) in [5.74, 6) is -0.612. The van der Waals surface area contributed by atoms with Crippen molar-refractivity contribution >= 4 is 43.3 Å². The molecule has 3 nitrogen and oxygen atoms in total. The number of fused-ring (bicyclic) bond motifs is 1. The van der Waals surface area contributed by atoms with Crippen LogP contribution >= 0.6 is 20.8 Å². The molecule has 5 rings (SSSR count). The highest BCUT2D eigenvalue weighted by Crippen LogP contribution is 2.41. The number of halogens is 2. The summed E-state index contributed by atoms with van der Waals surface area (Å²) in [7, 11) is 2.73. The summed E-state index contributed by atoms with van der Waals surface area (Å²) in [6, 6.07) is 34.1. The highest BCUT2D eigenvalue weighted by Gasteiger charge is 2.33. The van der Waals surface area contributed by atoms with Crippen LogP contribution in [0.3, 0.4) is 0 Å². The molecule has 1 aliphatic heterocycles. The van der Waals surface area contributed by atoms with Gasteiger partial charge in [0.15, 0.2) is 0 Å². The summed E-state index contributed by atoms with van der Waals surface area (Å²) >= 11 is 6.54. The van der Waals surface area contributed by atoms with Crippen LogP contribution in [0, 0.1) is 0 Å². The fourth-order valence-electron chi connectivity index (χ4n) is 4.94. The zero-order chi connectivity index (χ0) is 29.4. The molecule has 41 heavy (non-hydrogen) atoms. The second-order valence-corrected chi connectivity index (χ2v) is 11.0. The number of benzene rings is 4. The number of amides is 1. The maximum Gasteiger partial charge on any atom is 0.287 e. The average molecular weight is 585 g/mol. The SMILES string of the molecule is C/C=C(/C=C1\C(=O)N(F)c2ccccc21)NCCC.CC(c1ccccc1)(c1ccc(P)cc1)c1ccccc1Cl. The van der Waals surface area contributed by atoms with Gasteiger partial charge in [0.2, 0.25) is 0 Å². The van der Waals surface area contributed by atoms with Gasteiger partial charge in [0.25, 0.3) is 5.91 Å². The van der Waals surface area contributed by atoms with Gasteiger partial charge in [-0.2, -0.15) is 0 Å². The molecule has 0 saturated heterocycles. The Morgan fingerprint density at radius 1 is 0.927 bits per heavy atom. The van der Waals surface area contributed by atoms with Crippen molar-refractivity contribution < 1.29 is 9.28 Å². The zero-order valence-electron chi connectivity index (χ0n) is 23.6. The fraction of sp³-hybridized carbons (Fsp3) is 0.171. The number of anilines is 1. The van der Waals surface area contributed by atoms with E-state index in [1.807, 2.05) is 37.3 Å². The van der Waals surface area contributed by atoms with Crippen LogP contribution in [0.1, 0.15) is 49.4 Å². The van der Waals surface area contributed by atoms with Crippen LogP contribution in [0.15, 0.2) is 121 Å². The monoisotopic (exact) mass is 584 g/mol. The van der Waals surface area contributed by atoms with E-state index in [4.69, 9.17) is 11.6 Å². The van der Waals surface area contributed by atoms with Crippen molar-refractivity contribution in [3.8, 4) is 0 Å². The minimum Gasteiger partial charge on any atom is -0.385 e. The Kier molecular flexibility index (Phi) is 10.2. The first kappa shape index (κ1) is 30.2. The van der Waals surface area contributed by atoms with E-state index in [9.17, 15) is 9.28 Å². The number of hydrogen-bond donors (Lipinski definition) is 1. The van der Waals surface area contributed by atoms with E-state index in [1.54, 1.807) is 30.3 Å². The molecule has 2 atom stereocenters. The fourth-order valence-corrected chi connectivity index (χ4v) is 5.45. The molecule has 4 aromatic carbocycles. The van der Waals surface area contributed by atoms with Crippen LogP contribution < -0.4 is 15.7 Å². The Morgan fingerprint density at radius 3 is 2.20 bits per heavy atom. The lowest BCUT2D eigenvalue weighted by atomic mass is 9.71. The first-order valence-electron chi connectivity index (χ1n) is 13.7. The molecule has 0 saturated carbocycles. The van der Waals surface area contributed by atoms with Crippen LogP contribution in [0.2, 0.25) is 5.02 Å². The van der Waals surface area contributed by atoms with Crippen molar-refractivity contribution in [2.45, 2.75) is 32.6 Å². The summed E-state index contributed by atoms with van der Waals surface area (Å²) in [6.07, 6.45) is 4.57. The maximum absolute atomic E-state index is 13.8. The number of carbonyl (C=O) groups excluding carboxylic acids is 1. The summed E-state index contributed by atoms with van der Waals surface area (Å²) in [5.41, 5.74) is 5.47. The number of nitrogens with one attached hydrogen (secondary N) is 1. The van der Waals surface area contributed by atoms with Gasteiger partial charge in [0.05, 0.1) is 11.3 Å². The molecule has 0 aromatic heterocycles. The lowest BCUT2D eigenvalue weighted by Gasteiger charge is -2.32. The highest BCUT2D eigenvalue weighted by atomic mass is 35.5. The van der Waals surface area contributed by atoms with Crippen LogP contribution in [0.25, 0.3) is 5.57 Å². The molecule has 0 aliphatic carbocycles. The molecule has 0 spiro atoms. The zero-order valence-corrected chi connectivity index (χ0v) is 25.5. The third kappa shape index (κ3) is 6.62. The number of carbonyl (C=O) groups is 1. The predicted molar refractivity (Wildman–Crippen MR) is 174 cm³/mol. The molecule has 0 fully saturated rings. The van der Waals surface area contributed by atoms with Crippen molar-refractivity contribution in [3.63, 3.8) is 0 Å². The van der Waals surface area contributed by atoms with Gasteiger partial charge in [-0.1, -0.05) is 120 Å². The summed E-state index contributed by atoms with van der Waals surface area (Å²) in [6.45, 7) is 7.00. The number of nitrogens with zero attached hydrogens (tertiary/aromatic N) is 1. The minimum absolute atomic E-state index is 0.203. The average Bonchev–Trinajstić information content (AvgIpc) is 3.25. The molecule has 1 aliphatic rings. The summed E-state index contributed by atoms with van der Waals surface area (Å²) in [5, 5.41) is 5.38. The van der Waals surface area contributed by atoms with Gasteiger partial charge in [0.1, 0.15) is 0 Å². The second-order valence-electron chi connectivity index (χ2n) is 9.92. The van der Waals surface area contributed by atoms with Gasteiger partial charge in [0, 0.05) is 28.2 Å². The van der Waals surface area contributed by atoms with Crippen LogP contribution in [-0.4, -0.2) is 12.5 Å². The van der Waals surface area contributed by atoms with Crippen LogP contribution in [0.4, 0.5) is 10.2 Å². The molecular formula is C35H35ClFN2OP. The lowest BCUT2D eigenvalue weighted by molar-refractivity contribution is -0.115. The first-order chi connectivity index (χ1) is 19.8. The topological polar surface area (TPSA) is 32.3 Å². The third-order valence-corrected chi connectivity index (χ3v) is 7.97. The largest absolute Gasteiger partial charge is 0.385 e. The molecule has 4 aromatic rings. The Bertz CT molecular complexity index is 1550. The lowest BCUT2D eigenvalue weighted by Crippen LogP contribution is -2.26. The smallest absolute Gasteiger partial charge is 0.287 e. The van der Waals surface area contributed by atoms with Gasteiger partial charge < -0.3 is 5.32 Å². The van der Waals surface area contributed by atoms with E-state index >= 15 is 0 Å². The van der Waals surface area contributed by atoms with Crippen molar-refractivity contribution in [2.24, 2.45) is 0 Å². The third-order valence-electron chi connectivity index (χ3n) is 7.26. The van der Waals surface area contributed by atoms with Gasteiger partial charge >= 0.3 is 0 Å². The van der Waals surface area contributed by atoms with Crippen molar-refractivity contribution in [2.75, 3.05) is 11.7 Å². The van der Waals surface area contributed by atoms with Gasteiger partial charge in [-0.15, -0.1) is 14.4 Å². The number of hydrogen-bond acceptors (Lipinski definition) is 2. The Hall–Kier alpha value is -3.72. The normalized spacial score (nSPS) is 15.2. The summed E-state index contributed by atoms with van der Waals surface area (Å²) < 4.78 is 13.8. The Labute approximate surface area is 249 Å².